The van der Waals surface area contributed by atoms with Crippen molar-refractivity contribution in [3.05, 3.63) is 58.1 Å². The van der Waals surface area contributed by atoms with Crippen molar-refractivity contribution in [3.8, 4) is 0 Å². The van der Waals surface area contributed by atoms with E-state index in [1.807, 2.05) is 7.05 Å². The maximum atomic E-state index is 13.8. The number of likely N-dealkylation sites (N-methyl/N-ethyl adjacent to an activating group) is 1. The molecule has 1 fully saturated rings. The minimum absolute atomic E-state index is 0.0957. The van der Waals surface area contributed by atoms with E-state index in [1.165, 1.54) is 12.3 Å². The predicted molar refractivity (Wildman–Crippen MR) is 89.4 cm³/mol. The van der Waals surface area contributed by atoms with E-state index in [0.29, 0.717) is 11.3 Å². The van der Waals surface area contributed by atoms with Crippen molar-refractivity contribution in [1.29, 1.82) is 0 Å². The first-order valence-electron chi connectivity index (χ1n) is 7.71. The van der Waals surface area contributed by atoms with Gasteiger partial charge in [0.05, 0.1) is 34.6 Å². The van der Waals surface area contributed by atoms with Crippen molar-refractivity contribution >= 4 is 17.5 Å². The highest BCUT2D eigenvalue weighted by Crippen LogP contribution is 2.32. The number of nitrogens with zero attached hydrogens (tertiary/aromatic N) is 3. The van der Waals surface area contributed by atoms with Crippen molar-refractivity contribution in [3.63, 3.8) is 0 Å². The van der Waals surface area contributed by atoms with Gasteiger partial charge < -0.3 is 5.32 Å². The second kappa shape index (κ2) is 6.83. The number of hydrogen-bond acceptors (Lipinski definition) is 4. The molecule has 1 N–H and O–H groups in total. The van der Waals surface area contributed by atoms with Crippen LogP contribution in [0.1, 0.15) is 34.1 Å². The van der Waals surface area contributed by atoms with Gasteiger partial charge >= 0.3 is 0 Å². The van der Waals surface area contributed by atoms with Crippen LogP contribution < -0.4 is 5.32 Å². The number of aryl methyl sites for hydroxylation is 1. The van der Waals surface area contributed by atoms with Crippen molar-refractivity contribution in [1.82, 2.24) is 20.4 Å². The number of likely N-dealkylation sites (tertiary alicyclic amines) is 1. The SMILES string of the molecule is Cc1cc(C(=O)NC2CCN(C)C2c2ccc(Cl)c(F)c2)cnn1. The number of aromatic nitrogens is 2. The first kappa shape index (κ1) is 16.8. The molecule has 2 aromatic rings. The molecule has 126 valence electrons. The van der Waals surface area contributed by atoms with Gasteiger partial charge in [-0.1, -0.05) is 17.7 Å². The molecule has 2 heterocycles. The molecule has 1 aromatic heterocycles. The molecule has 24 heavy (non-hydrogen) atoms. The van der Waals surface area contributed by atoms with Gasteiger partial charge in [0.15, 0.2) is 0 Å². The van der Waals surface area contributed by atoms with Crippen molar-refractivity contribution in [2.24, 2.45) is 0 Å². The molecule has 0 aliphatic carbocycles. The summed E-state index contributed by atoms with van der Waals surface area (Å²) in [5, 5.41) is 10.8. The second-order valence-electron chi connectivity index (χ2n) is 6.05. The van der Waals surface area contributed by atoms with Gasteiger partial charge in [0.1, 0.15) is 5.82 Å². The zero-order valence-corrected chi connectivity index (χ0v) is 14.2. The van der Waals surface area contributed by atoms with Crippen LogP contribution in [-0.2, 0) is 0 Å². The summed E-state index contributed by atoms with van der Waals surface area (Å²) in [5.74, 6) is -0.652. The molecule has 5 nitrogen and oxygen atoms in total. The van der Waals surface area contributed by atoms with Crippen LogP contribution in [0, 0.1) is 12.7 Å². The topological polar surface area (TPSA) is 58.1 Å². The number of amides is 1. The Morgan fingerprint density at radius 2 is 2.21 bits per heavy atom. The number of carbonyl (C=O) groups excluding carboxylic acids is 1. The monoisotopic (exact) mass is 348 g/mol. The third-order valence-corrected chi connectivity index (χ3v) is 4.60. The molecule has 1 aliphatic heterocycles. The Morgan fingerprint density at radius 1 is 1.42 bits per heavy atom. The van der Waals surface area contributed by atoms with E-state index in [1.54, 1.807) is 25.1 Å². The summed E-state index contributed by atoms with van der Waals surface area (Å²) >= 11 is 5.77. The highest BCUT2D eigenvalue weighted by molar-refractivity contribution is 6.30. The van der Waals surface area contributed by atoms with Crippen LogP contribution in [0.5, 0.6) is 0 Å². The van der Waals surface area contributed by atoms with Gasteiger partial charge in [0.2, 0.25) is 0 Å². The lowest BCUT2D eigenvalue weighted by atomic mass is 9.99. The molecule has 2 atom stereocenters. The van der Waals surface area contributed by atoms with Gasteiger partial charge in [0.25, 0.3) is 5.91 Å². The Bertz CT molecular complexity index is 770. The normalized spacial score (nSPS) is 21.0. The maximum absolute atomic E-state index is 13.8. The van der Waals surface area contributed by atoms with Gasteiger partial charge in [-0.25, -0.2) is 4.39 Å². The standard InChI is InChI=1S/C17H18ClFN4O/c1-10-7-12(9-20-22-10)17(24)21-15-5-6-23(2)16(15)11-3-4-13(18)14(19)8-11/h3-4,7-9,15-16H,5-6H2,1-2H3,(H,21,24). The quantitative estimate of drug-likeness (QED) is 0.926. The predicted octanol–water partition coefficient (Wildman–Crippen LogP) is 2.75. The Kier molecular flexibility index (Phi) is 4.78. The summed E-state index contributed by atoms with van der Waals surface area (Å²) < 4.78 is 13.8. The molecule has 1 aromatic carbocycles. The van der Waals surface area contributed by atoms with Gasteiger partial charge in [-0.3, -0.25) is 9.69 Å². The first-order valence-corrected chi connectivity index (χ1v) is 8.09. The van der Waals surface area contributed by atoms with Crippen LogP contribution in [0.2, 0.25) is 5.02 Å². The highest BCUT2D eigenvalue weighted by atomic mass is 35.5. The summed E-state index contributed by atoms with van der Waals surface area (Å²) in [4.78, 5) is 14.6. The second-order valence-corrected chi connectivity index (χ2v) is 6.46. The number of halogens is 2. The number of carbonyl (C=O) groups is 1. The lowest BCUT2D eigenvalue weighted by molar-refractivity contribution is 0.0927. The zero-order chi connectivity index (χ0) is 17.3. The van der Waals surface area contributed by atoms with Crippen LogP contribution in [-0.4, -0.2) is 40.6 Å². The summed E-state index contributed by atoms with van der Waals surface area (Å²) in [5.41, 5.74) is 1.95. The number of nitrogens with one attached hydrogen (secondary N) is 1. The maximum Gasteiger partial charge on any atom is 0.253 e. The van der Waals surface area contributed by atoms with Crippen molar-refractivity contribution in [2.45, 2.75) is 25.4 Å². The van der Waals surface area contributed by atoms with Crippen LogP contribution in [0.4, 0.5) is 4.39 Å². The molecule has 0 spiro atoms. The lowest BCUT2D eigenvalue weighted by Gasteiger charge is -2.26. The molecule has 0 saturated carbocycles. The van der Waals surface area contributed by atoms with E-state index in [2.05, 4.69) is 20.4 Å². The van der Waals surface area contributed by atoms with Crippen LogP contribution in [0.25, 0.3) is 0 Å². The van der Waals surface area contributed by atoms with Gasteiger partial charge in [-0.05, 0) is 44.2 Å². The van der Waals surface area contributed by atoms with Gasteiger partial charge in [-0.2, -0.15) is 10.2 Å². The number of benzene rings is 1. The molecular formula is C17H18ClFN4O. The summed E-state index contributed by atoms with van der Waals surface area (Å²) in [6.07, 6.45) is 2.23. The van der Waals surface area contributed by atoms with Crippen molar-refractivity contribution < 1.29 is 9.18 Å². The minimum Gasteiger partial charge on any atom is -0.347 e. The average Bonchev–Trinajstić information content (AvgIpc) is 2.90. The molecule has 2 unspecified atom stereocenters. The van der Waals surface area contributed by atoms with E-state index >= 15 is 0 Å². The third kappa shape index (κ3) is 3.39. The molecule has 1 aliphatic rings. The fraction of sp³-hybridized carbons (Fsp3) is 0.353. The van der Waals surface area contributed by atoms with E-state index in [0.717, 1.165) is 18.5 Å². The smallest absolute Gasteiger partial charge is 0.253 e. The van der Waals surface area contributed by atoms with Gasteiger partial charge in [0, 0.05) is 6.54 Å². The van der Waals surface area contributed by atoms with E-state index in [9.17, 15) is 9.18 Å². The largest absolute Gasteiger partial charge is 0.347 e. The molecule has 7 heteroatoms. The van der Waals surface area contributed by atoms with Gasteiger partial charge in [-0.15, -0.1) is 0 Å². The highest BCUT2D eigenvalue weighted by Gasteiger charge is 2.34. The molecule has 3 rings (SSSR count). The van der Waals surface area contributed by atoms with Crippen molar-refractivity contribution in [2.75, 3.05) is 13.6 Å². The van der Waals surface area contributed by atoms with Crippen LogP contribution >= 0.6 is 11.6 Å². The molecular weight excluding hydrogens is 331 g/mol. The van der Waals surface area contributed by atoms with E-state index < -0.39 is 5.82 Å². The fourth-order valence-electron chi connectivity index (χ4n) is 3.13. The van der Waals surface area contributed by atoms with Crippen LogP contribution in [0.15, 0.2) is 30.5 Å². The molecule has 1 saturated heterocycles. The average molecular weight is 349 g/mol. The minimum atomic E-state index is -0.450. The zero-order valence-electron chi connectivity index (χ0n) is 13.5. The van der Waals surface area contributed by atoms with Crippen LogP contribution in [0.3, 0.4) is 0 Å². The first-order chi connectivity index (χ1) is 11.5. The Labute approximate surface area is 144 Å². The molecule has 0 bridgehead atoms. The van der Waals surface area contributed by atoms with E-state index in [-0.39, 0.29) is 23.0 Å². The number of rotatable bonds is 3. The Hall–Kier alpha value is -2.05. The lowest BCUT2D eigenvalue weighted by Crippen LogP contribution is -2.39. The Balaban J connectivity index is 1.81. The number of hydrogen-bond donors (Lipinski definition) is 1. The summed E-state index contributed by atoms with van der Waals surface area (Å²) in [7, 11) is 1.96. The Morgan fingerprint density at radius 3 is 2.92 bits per heavy atom. The molecule has 1 amide bonds. The third-order valence-electron chi connectivity index (χ3n) is 4.29. The fourth-order valence-corrected chi connectivity index (χ4v) is 3.25. The summed E-state index contributed by atoms with van der Waals surface area (Å²) in [6.45, 7) is 2.60. The molecule has 0 radical (unpaired) electrons. The summed E-state index contributed by atoms with van der Waals surface area (Å²) in [6, 6.07) is 6.26. The van der Waals surface area contributed by atoms with E-state index in [4.69, 9.17) is 11.6 Å².